The van der Waals surface area contributed by atoms with E-state index in [1.165, 1.54) is 38.5 Å². The Morgan fingerprint density at radius 1 is 1.30 bits per heavy atom. The molecule has 0 aromatic rings. The third-order valence-corrected chi connectivity index (χ3v) is 4.99. The molecule has 1 aliphatic heterocycles. The van der Waals surface area contributed by atoms with E-state index < -0.39 is 0 Å². The van der Waals surface area contributed by atoms with Crippen LogP contribution in [-0.2, 0) is 4.74 Å². The molecule has 2 saturated carbocycles. The van der Waals surface area contributed by atoms with Crippen LogP contribution in [0.5, 0.6) is 0 Å². The van der Waals surface area contributed by atoms with Crippen molar-refractivity contribution in [3.63, 3.8) is 0 Å². The van der Waals surface area contributed by atoms with Crippen LogP contribution >= 0.6 is 0 Å². The molecule has 0 amide bonds. The maximum Gasteiger partial charge on any atom is 0.122 e. The van der Waals surface area contributed by atoms with E-state index in [4.69, 9.17) is 4.74 Å². The monoisotopic (exact) mass is 277 g/mol. The van der Waals surface area contributed by atoms with Gasteiger partial charge in [-0.15, -0.1) is 0 Å². The highest BCUT2D eigenvalue weighted by molar-refractivity contribution is 5.18. The number of methoxy groups -OCH3 is 1. The van der Waals surface area contributed by atoms with Gasteiger partial charge in [-0.1, -0.05) is 0 Å². The number of hydrogen-bond acceptors (Lipinski definition) is 4. The van der Waals surface area contributed by atoms with Crippen molar-refractivity contribution >= 4 is 0 Å². The SMILES string of the molecule is COCC1CCCN(CC(C#N)(NC2CC2)C2CC2)C1. The molecule has 0 radical (unpaired) electrons. The van der Waals surface area contributed by atoms with Crippen molar-refractivity contribution in [3.8, 4) is 6.07 Å². The zero-order chi connectivity index (χ0) is 14.0. The quantitative estimate of drug-likeness (QED) is 0.770. The Labute approximate surface area is 122 Å². The van der Waals surface area contributed by atoms with Crippen molar-refractivity contribution in [2.24, 2.45) is 11.8 Å². The summed E-state index contributed by atoms with van der Waals surface area (Å²) in [4.78, 5) is 2.50. The van der Waals surface area contributed by atoms with Crippen LogP contribution in [0.15, 0.2) is 0 Å². The standard InChI is InChI=1S/C16H27N3O/c1-20-10-13-3-2-8-19(9-13)12-16(11-17,14-4-5-14)18-15-6-7-15/h13-15,18H,2-10,12H2,1H3. The number of likely N-dealkylation sites (tertiary alicyclic amines) is 1. The molecule has 1 heterocycles. The van der Waals surface area contributed by atoms with Crippen LogP contribution < -0.4 is 5.32 Å². The second-order valence-corrected chi connectivity index (χ2v) is 6.97. The van der Waals surface area contributed by atoms with Crippen molar-refractivity contribution < 1.29 is 4.74 Å². The van der Waals surface area contributed by atoms with E-state index in [0.29, 0.717) is 17.9 Å². The van der Waals surface area contributed by atoms with Crippen molar-refractivity contribution in [3.05, 3.63) is 0 Å². The first-order valence-electron chi connectivity index (χ1n) is 8.16. The first-order valence-corrected chi connectivity index (χ1v) is 8.16. The van der Waals surface area contributed by atoms with E-state index in [0.717, 1.165) is 26.2 Å². The van der Waals surface area contributed by atoms with Gasteiger partial charge in [0.25, 0.3) is 0 Å². The van der Waals surface area contributed by atoms with Gasteiger partial charge in [0.05, 0.1) is 12.7 Å². The predicted octanol–water partition coefficient (Wildman–Crippen LogP) is 1.77. The highest BCUT2D eigenvalue weighted by Crippen LogP contribution is 2.42. The third kappa shape index (κ3) is 3.33. The lowest BCUT2D eigenvalue weighted by Crippen LogP contribution is -2.56. The molecule has 3 fully saturated rings. The van der Waals surface area contributed by atoms with Crippen molar-refractivity contribution in [1.29, 1.82) is 5.26 Å². The highest BCUT2D eigenvalue weighted by Gasteiger charge is 2.49. The summed E-state index contributed by atoms with van der Waals surface area (Å²) in [6.07, 6.45) is 7.46. The molecule has 112 valence electrons. The predicted molar refractivity (Wildman–Crippen MR) is 78.3 cm³/mol. The Bertz CT molecular complexity index is 370. The normalized spacial score (nSPS) is 30.7. The lowest BCUT2D eigenvalue weighted by Gasteiger charge is -2.38. The summed E-state index contributed by atoms with van der Waals surface area (Å²) in [7, 11) is 1.79. The lowest BCUT2D eigenvalue weighted by molar-refractivity contribution is 0.0768. The van der Waals surface area contributed by atoms with E-state index >= 15 is 0 Å². The van der Waals surface area contributed by atoms with Gasteiger partial charge < -0.3 is 9.64 Å². The van der Waals surface area contributed by atoms with Gasteiger partial charge in [-0.2, -0.15) is 5.26 Å². The topological polar surface area (TPSA) is 48.3 Å². The van der Waals surface area contributed by atoms with Crippen LogP contribution in [0.4, 0.5) is 0 Å². The fourth-order valence-corrected chi connectivity index (χ4v) is 3.64. The van der Waals surface area contributed by atoms with E-state index in [1.54, 1.807) is 7.11 Å². The highest BCUT2D eigenvalue weighted by atomic mass is 16.5. The molecule has 3 rings (SSSR count). The summed E-state index contributed by atoms with van der Waals surface area (Å²) in [5.41, 5.74) is -0.282. The second-order valence-electron chi connectivity index (χ2n) is 6.97. The van der Waals surface area contributed by atoms with Crippen molar-refractivity contribution in [2.75, 3.05) is 33.4 Å². The minimum absolute atomic E-state index is 0.282. The summed E-state index contributed by atoms with van der Waals surface area (Å²) in [6.45, 7) is 4.00. The summed E-state index contributed by atoms with van der Waals surface area (Å²) < 4.78 is 5.31. The van der Waals surface area contributed by atoms with Crippen LogP contribution in [0.1, 0.15) is 38.5 Å². The molecule has 1 saturated heterocycles. The second kappa shape index (κ2) is 6.01. The molecule has 3 aliphatic rings. The minimum Gasteiger partial charge on any atom is -0.384 e. The Morgan fingerprint density at radius 3 is 2.70 bits per heavy atom. The molecule has 0 aromatic carbocycles. The maximum atomic E-state index is 9.80. The van der Waals surface area contributed by atoms with Crippen LogP contribution in [0.3, 0.4) is 0 Å². The number of piperidine rings is 1. The van der Waals surface area contributed by atoms with Crippen LogP contribution in [0, 0.1) is 23.2 Å². The van der Waals surface area contributed by atoms with E-state index in [1.807, 2.05) is 0 Å². The first-order chi connectivity index (χ1) is 9.75. The number of nitrogens with zero attached hydrogens (tertiary/aromatic N) is 2. The van der Waals surface area contributed by atoms with Gasteiger partial charge in [-0.05, 0) is 56.9 Å². The summed E-state index contributed by atoms with van der Waals surface area (Å²) in [5, 5.41) is 13.5. The van der Waals surface area contributed by atoms with Crippen molar-refractivity contribution in [2.45, 2.75) is 50.1 Å². The summed E-state index contributed by atoms with van der Waals surface area (Å²) in [6, 6.07) is 3.27. The Kier molecular flexibility index (Phi) is 4.30. The minimum atomic E-state index is -0.282. The van der Waals surface area contributed by atoms with Crippen LogP contribution in [0.2, 0.25) is 0 Å². The van der Waals surface area contributed by atoms with Gasteiger partial charge in [-0.25, -0.2) is 0 Å². The zero-order valence-corrected chi connectivity index (χ0v) is 12.6. The Hall–Kier alpha value is -0.630. The van der Waals surface area contributed by atoms with Gasteiger partial charge in [-0.3, -0.25) is 5.32 Å². The lowest BCUT2D eigenvalue weighted by atomic mass is 9.91. The molecule has 20 heavy (non-hydrogen) atoms. The molecular weight excluding hydrogens is 250 g/mol. The largest absolute Gasteiger partial charge is 0.384 e. The average Bonchev–Trinajstić information content (AvgIpc) is 3.32. The fourth-order valence-electron chi connectivity index (χ4n) is 3.64. The van der Waals surface area contributed by atoms with Crippen molar-refractivity contribution in [1.82, 2.24) is 10.2 Å². The molecule has 2 atom stereocenters. The van der Waals surface area contributed by atoms with E-state index in [-0.39, 0.29) is 5.54 Å². The number of rotatable bonds is 7. The van der Waals surface area contributed by atoms with Gasteiger partial charge in [0.2, 0.25) is 0 Å². The average molecular weight is 277 g/mol. The Balaban J connectivity index is 1.61. The van der Waals surface area contributed by atoms with Crippen LogP contribution in [-0.4, -0.2) is 49.8 Å². The molecule has 2 unspecified atom stereocenters. The number of hydrogen-bond donors (Lipinski definition) is 1. The van der Waals surface area contributed by atoms with E-state index in [2.05, 4.69) is 16.3 Å². The van der Waals surface area contributed by atoms with Crippen LogP contribution in [0.25, 0.3) is 0 Å². The molecule has 4 nitrogen and oxygen atoms in total. The Morgan fingerprint density at radius 2 is 2.10 bits per heavy atom. The zero-order valence-electron chi connectivity index (χ0n) is 12.6. The number of ether oxygens (including phenoxy) is 1. The van der Waals surface area contributed by atoms with E-state index in [9.17, 15) is 5.26 Å². The summed E-state index contributed by atoms with van der Waals surface area (Å²) in [5.74, 6) is 1.22. The third-order valence-electron chi connectivity index (χ3n) is 4.99. The molecule has 2 aliphatic carbocycles. The first kappa shape index (κ1) is 14.3. The maximum absolute atomic E-state index is 9.80. The number of nitrogens with one attached hydrogen (secondary N) is 1. The summed E-state index contributed by atoms with van der Waals surface area (Å²) >= 11 is 0. The van der Waals surface area contributed by atoms with Gasteiger partial charge in [0.1, 0.15) is 5.54 Å². The molecule has 0 bridgehead atoms. The van der Waals surface area contributed by atoms with Gasteiger partial charge in [0.15, 0.2) is 0 Å². The van der Waals surface area contributed by atoms with Gasteiger partial charge in [0, 0.05) is 26.2 Å². The fraction of sp³-hybridized carbons (Fsp3) is 0.938. The number of nitriles is 1. The smallest absolute Gasteiger partial charge is 0.122 e. The van der Waals surface area contributed by atoms with Gasteiger partial charge >= 0.3 is 0 Å². The molecule has 0 aromatic heterocycles. The molecule has 1 N–H and O–H groups in total. The molecule has 4 heteroatoms. The molecule has 0 spiro atoms. The molecular formula is C16H27N3O.